The molecule has 4 aliphatic rings. The van der Waals surface area contributed by atoms with Gasteiger partial charge in [-0.1, -0.05) is 43.6 Å². The van der Waals surface area contributed by atoms with Gasteiger partial charge in [-0.15, -0.1) is 0 Å². The first kappa shape index (κ1) is 22.6. The first-order valence-electron chi connectivity index (χ1n) is 12.8. The fraction of sp³-hybridized carbons (Fsp3) is 0.857. The maximum absolute atomic E-state index is 10.8. The Kier molecular flexibility index (Phi) is 6.08. The molecule has 4 aliphatic carbocycles. The van der Waals surface area contributed by atoms with Gasteiger partial charge < -0.3 is 10.2 Å². The zero-order valence-corrected chi connectivity index (χ0v) is 20.3. The molecule has 30 heavy (non-hydrogen) atoms. The van der Waals surface area contributed by atoms with Gasteiger partial charge in [0.1, 0.15) is 0 Å². The van der Waals surface area contributed by atoms with E-state index in [1.54, 1.807) is 5.57 Å². The summed E-state index contributed by atoms with van der Waals surface area (Å²) in [5.41, 5.74) is 5.02. The van der Waals surface area contributed by atoms with E-state index in [2.05, 4.69) is 40.7 Å². The van der Waals surface area contributed by atoms with Crippen LogP contribution in [0.5, 0.6) is 0 Å². The lowest BCUT2D eigenvalue weighted by atomic mass is 9.49. The minimum absolute atomic E-state index is 0.0709. The highest BCUT2D eigenvalue weighted by Gasteiger charge is 2.56. The number of rotatable bonds is 5. The number of allylic oxidation sites excluding steroid dienone is 4. The average molecular weight is 415 g/mol. The van der Waals surface area contributed by atoms with Gasteiger partial charge in [-0.2, -0.15) is 0 Å². The molecule has 2 nitrogen and oxygen atoms in total. The second kappa shape index (κ2) is 8.07. The standard InChI is InChI=1S/C28H46O2/c1-19(2)7-6-8-20(3)23-11-12-24-22-10-9-21-17-28(30,18-29)16-15-26(21,4)25(22)13-14-27(23,24)5/h7,20-21,23-24,29-30H,6,8-18H2,1-5H3/t20-,21+,23-,24+,26+,27-,28+/m1/s1. The highest BCUT2D eigenvalue weighted by Crippen LogP contribution is 2.66. The summed E-state index contributed by atoms with van der Waals surface area (Å²) < 4.78 is 0. The van der Waals surface area contributed by atoms with Crippen LogP contribution >= 0.6 is 0 Å². The van der Waals surface area contributed by atoms with E-state index in [0.29, 0.717) is 11.3 Å². The average Bonchev–Trinajstić information content (AvgIpc) is 3.05. The Morgan fingerprint density at radius 1 is 1.10 bits per heavy atom. The molecule has 0 aromatic heterocycles. The summed E-state index contributed by atoms with van der Waals surface area (Å²) in [7, 11) is 0. The Bertz CT molecular complexity index is 716. The molecule has 7 atom stereocenters. The second-order valence-corrected chi connectivity index (χ2v) is 12.3. The van der Waals surface area contributed by atoms with Crippen LogP contribution in [-0.4, -0.2) is 22.4 Å². The van der Waals surface area contributed by atoms with Gasteiger partial charge in [0.15, 0.2) is 0 Å². The monoisotopic (exact) mass is 414 g/mol. The van der Waals surface area contributed by atoms with E-state index >= 15 is 0 Å². The first-order valence-corrected chi connectivity index (χ1v) is 12.8. The molecule has 0 radical (unpaired) electrons. The van der Waals surface area contributed by atoms with Gasteiger partial charge in [0.05, 0.1) is 12.2 Å². The maximum Gasteiger partial charge on any atom is 0.0880 e. The summed E-state index contributed by atoms with van der Waals surface area (Å²) in [6.45, 7) is 12.0. The predicted octanol–water partition coefficient (Wildman–Crippen LogP) is 6.82. The SMILES string of the molecule is CC(C)=CCC[C@@H](C)[C@H]1CC[C@H]2C3=C(CC[C@]12C)[C@@]1(C)CC[C@@](O)(CO)C[C@@H]1CC3. The van der Waals surface area contributed by atoms with E-state index in [4.69, 9.17) is 0 Å². The molecular formula is C28H46O2. The van der Waals surface area contributed by atoms with E-state index < -0.39 is 5.60 Å². The molecule has 0 unspecified atom stereocenters. The molecule has 0 amide bonds. The number of aliphatic hydroxyl groups is 2. The third-order valence-corrected chi connectivity index (χ3v) is 10.4. The van der Waals surface area contributed by atoms with Crippen molar-refractivity contribution in [1.29, 1.82) is 0 Å². The minimum atomic E-state index is -0.829. The molecule has 2 heteroatoms. The van der Waals surface area contributed by atoms with Gasteiger partial charge >= 0.3 is 0 Å². The van der Waals surface area contributed by atoms with Gasteiger partial charge in [-0.3, -0.25) is 0 Å². The lowest BCUT2D eigenvalue weighted by molar-refractivity contribution is -0.0915. The van der Waals surface area contributed by atoms with Crippen LogP contribution in [0.2, 0.25) is 0 Å². The number of hydrogen-bond donors (Lipinski definition) is 2. The quantitative estimate of drug-likeness (QED) is 0.485. The summed E-state index contributed by atoms with van der Waals surface area (Å²) in [5.74, 6) is 3.04. The topological polar surface area (TPSA) is 40.5 Å². The third-order valence-electron chi connectivity index (χ3n) is 10.4. The molecule has 0 spiro atoms. The molecular weight excluding hydrogens is 368 g/mol. The molecule has 0 aliphatic heterocycles. The molecule has 4 rings (SSSR count). The molecule has 0 bridgehead atoms. The summed E-state index contributed by atoms with van der Waals surface area (Å²) >= 11 is 0. The highest BCUT2D eigenvalue weighted by atomic mass is 16.3. The molecule has 170 valence electrons. The molecule has 2 N–H and O–H groups in total. The van der Waals surface area contributed by atoms with E-state index in [-0.39, 0.29) is 12.0 Å². The zero-order chi connectivity index (χ0) is 21.7. The smallest absolute Gasteiger partial charge is 0.0880 e. The second-order valence-electron chi connectivity index (χ2n) is 12.3. The van der Waals surface area contributed by atoms with Gasteiger partial charge in [-0.25, -0.2) is 0 Å². The van der Waals surface area contributed by atoms with Crippen molar-refractivity contribution in [3.8, 4) is 0 Å². The van der Waals surface area contributed by atoms with E-state index in [0.717, 1.165) is 37.0 Å². The van der Waals surface area contributed by atoms with E-state index in [1.807, 2.05) is 5.57 Å². The van der Waals surface area contributed by atoms with Gasteiger partial charge in [0, 0.05) is 0 Å². The van der Waals surface area contributed by atoms with Crippen LogP contribution in [0.25, 0.3) is 0 Å². The van der Waals surface area contributed by atoms with Crippen LogP contribution in [0.4, 0.5) is 0 Å². The van der Waals surface area contributed by atoms with Crippen molar-refractivity contribution >= 4 is 0 Å². The molecule has 2 saturated carbocycles. The Hall–Kier alpha value is -0.600. The fourth-order valence-corrected chi connectivity index (χ4v) is 8.48. The Morgan fingerprint density at radius 3 is 2.57 bits per heavy atom. The van der Waals surface area contributed by atoms with E-state index in [9.17, 15) is 10.2 Å². The van der Waals surface area contributed by atoms with Gasteiger partial charge in [0.25, 0.3) is 0 Å². The summed E-state index contributed by atoms with van der Waals surface area (Å²) in [6, 6.07) is 0. The Morgan fingerprint density at radius 2 is 1.87 bits per heavy atom. The highest BCUT2D eigenvalue weighted by molar-refractivity contribution is 5.34. The van der Waals surface area contributed by atoms with Crippen LogP contribution in [0.1, 0.15) is 105 Å². The van der Waals surface area contributed by atoms with Crippen LogP contribution in [-0.2, 0) is 0 Å². The largest absolute Gasteiger partial charge is 0.393 e. The van der Waals surface area contributed by atoms with Crippen molar-refractivity contribution in [3.05, 3.63) is 22.8 Å². The first-order chi connectivity index (χ1) is 14.1. The van der Waals surface area contributed by atoms with Crippen LogP contribution < -0.4 is 0 Å². The fourth-order valence-electron chi connectivity index (χ4n) is 8.48. The summed E-state index contributed by atoms with van der Waals surface area (Å²) in [4.78, 5) is 0. The molecule has 0 saturated heterocycles. The van der Waals surface area contributed by atoms with Crippen molar-refractivity contribution in [2.75, 3.05) is 6.61 Å². The van der Waals surface area contributed by atoms with E-state index in [1.165, 1.54) is 56.9 Å². The normalized spacial score (nSPS) is 44.2. The number of hydrogen-bond acceptors (Lipinski definition) is 2. The Labute approximate surface area is 185 Å². The van der Waals surface area contributed by atoms with Gasteiger partial charge in [0.2, 0.25) is 0 Å². The summed E-state index contributed by atoms with van der Waals surface area (Å²) in [6.07, 6.45) is 15.5. The Balaban J connectivity index is 1.54. The lowest BCUT2D eigenvalue weighted by Gasteiger charge is -2.56. The van der Waals surface area contributed by atoms with Crippen LogP contribution in [0.3, 0.4) is 0 Å². The van der Waals surface area contributed by atoms with Crippen LogP contribution in [0.15, 0.2) is 22.8 Å². The van der Waals surface area contributed by atoms with Crippen molar-refractivity contribution in [2.45, 2.75) is 111 Å². The predicted molar refractivity (Wildman–Crippen MR) is 125 cm³/mol. The third kappa shape index (κ3) is 3.64. The summed E-state index contributed by atoms with van der Waals surface area (Å²) in [5, 5.41) is 20.5. The maximum atomic E-state index is 10.8. The molecule has 2 fully saturated rings. The van der Waals surface area contributed by atoms with Crippen molar-refractivity contribution in [2.24, 2.45) is 34.5 Å². The molecule has 0 heterocycles. The molecule has 0 aromatic rings. The van der Waals surface area contributed by atoms with Gasteiger partial charge in [-0.05, 0) is 119 Å². The minimum Gasteiger partial charge on any atom is -0.393 e. The number of aliphatic hydroxyl groups excluding tert-OH is 1. The van der Waals surface area contributed by atoms with Crippen molar-refractivity contribution in [3.63, 3.8) is 0 Å². The van der Waals surface area contributed by atoms with Crippen LogP contribution in [0, 0.1) is 34.5 Å². The lowest BCUT2D eigenvalue weighted by Crippen LogP contribution is -2.50. The van der Waals surface area contributed by atoms with Crippen molar-refractivity contribution in [1.82, 2.24) is 0 Å². The zero-order valence-electron chi connectivity index (χ0n) is 20.3. The van der Waals surface area contributed by atoms with Crippen molar-refractivity contribution < 1.29 is 10.2 Å². The number of fused-ring (bicyclic) bond motifs is 4. The molecule has 0 aromatic carbocycles.